The Morgan fingerprint density at radius 3 is 2.53 bits per heavy atom. The number of halogens is 2. The molecule has 0 fully saturated rings. The van der Waals surface area contributed by atoms with E-state index in [1.54, 1.807) is 0 Å². The number of rotatable bonds is 4. The largest absolute Gasteiger partial charge is 0.329 e. The number of carbonyl (C=O) groups excluding carboxylic acids is 2. The molecule has 32 heavy (non-hydrogen) atoms. The van der Waals surface area contributed by atoms with Crippen LogP contribution in [0.25, 0.3) is 0 Å². The first kappa shape index (κ1) is 21.6. The van der Waals surface area contributed by atoms with Gasteiger partial charge in [0.2, 0.25) is 0 Å². The molecule has 0 N–H and O–H groups in total. The minimum absolute atomic E-state index is 0.114. The highest BCUT2D eigenvalue weighted by molar-refractivity contribution is 7.72. The monoisotopic (exact) mass is 457 g/mol. The Balaban J connectivity index is 1.92. The summed E-state index contributed by atoms with van der Waals surface area (Å²) in [5.74, 6) is -0.254. The molecule has 1 heterocycles. The van der Waals surface area contributed by atoms with Crippen LogP contribution in [0.5, 0.6) is 0 Å². The van der Waals surface area contributed by atoms with E-state index in [-0.39, 0.29) is 51.5 Å². The Labute approximate surface area is 184 Å². The summed E-state index contributed by atoms with van der Waals surface area (Å²) in [6.45, 7) is 0. The van der Waals surface area contributed by atoms with E-state index >= 15 is 0 Å². The van der Waals surface area contributed by atoms with E-state index in [0.717, 1.165) is 0 Å². The van der Waals surface area contributed by atoms with Gasteiger partial charge in [-0.25, -0.2) is 22.0 Å². The van der Waals surface area contributed by atoms with Crippen LogP contribution >= 0.6 is 0 Å². The zero-order valence-corrected chi connectivity index (χ0v) is 17.7. The number of ketones is 1. The Morgan fingerprint density at radius 1 is 1.12 bits per heavy atom. The average Bonchev–Trinajstić information content (AvgIpc) is 3.15. The van der Waals surface area contributed by atoms with Gasteiger partial charge in [-0.3, -0.25) is 9.69 Å². The van der Waals surface area contributed by atoms with Gasteiger partial charge < -0.3 is 4.90 Å². The molecule has 1 aliphatic carbocycles. The number of benzene rings is 2. The number of anilines is 1. The Bertz CT molecular complexity index is 1290. The minimum Gasteiger partial charge on any atom is -0.316 e. The Kier molecular flexibility index (Phi) is 5.52. The molecule has 1 atom stereocenters. The van der Waals surface area contributed by atoms with E-state index in [9.17, 15) is 26.8 Å². The molecule has 4 rings (SSSR count). The number of thiol groups is 1. The molecule has 0 aromatic heterocycles. The summed E-state index contributed by atoms with van der Waals surface area (Å²) < 4.78 is 50.3. The Hall–Kier alpha value is -3.58. The van der Waals surface area contributed by atoms with Gasteiger partial charge in [0.05, 0.1) is 28.3 Å². The highest BCUT2D eigenvalue weighted by atomic mass is 32.2. The summed E-state index contributed by atoms with van der Waals surface area (Å²) in [5.41, 5.74) is 0.896. The lowest BCUT2D eigenvalue weighted by Crippen LogP contribution is -2.48. The van der Waals surface area contributed by atoms with Gasteiger partial charge in [-0.05, 0) is 36.2 Å². The van der Waals surface area contributed by atoms with Crippen molar-refractivity contribution < 1.29 is 26.8 Å². The van der Waals surface area contributed by atoms with E-state index in [4.69, 9.17) is 5.26 Å². The molecule has 2 aliphatic rings. The van der Waals surface area contributed by atoms with E-state index in [1.807, 2.05) is 6.07 Å². The summed E-state index contributed by atoms with van der Waals surface area (Å²) in [6.07, 6.45) is -2.39. The van der Waals surface area contributed by atoms with Crippen molar-refractivity contribution in [3.63, 3.8) is 0 Å². The van der Waals surface area contributed by atoms with Gasteiger partial charge in [-0.1, -0.05) is 18.2 Å². The molecule has 0 radical (unpaired) electrons. The quantitative estimate of drug-likeness (QED) is 0.706. The molecule has 1 unspecified atom stereocenters. The van der Waals surface area contributed by atoms with Crippen LogP contribution in [0.1, 0.15) is 42.0 Å². The lowest BCUT2D eigenvalue weighted by Gasteiger charge is -2.40. The highest BCUT2D eigenvalue weighted by Gasteiger charge is 2.45. The van der Waals surface area contributed by atoms with Crippen molar-refractivity contribution in [1.82, 2.24) is 4.90 Å². The maximum Gasteiger partial charge on any atom is 0.329 e. The fourth-order valence-corrected chi connectivity index (χ4v) is 4.87. The van der Waals surface area contributed by atoms with Crippen molar-refractivity contribution in [2.75, 3.05) is 11.9 Å². The number of urea groups is 1. The fraction of sp³-hybridized carbons (Fsp3) is 0.227. The van der Waals surface area contributed by atoms with Crippen molar-refractivity contribution in [2.45, 2.75) is 30.2 Å². The van der Waals surface area contributed by atoms with Crippen LogP contribution in [0, 0.1) is 11.3 Å². The zero-order chi connectivity index (χ0) is 23.2. The second-order valence-electron chi connectivity index (χ2n) is 7.45. The number of Topliss-reactive ketones (excluding diaryl/α,β-unsaturated/α-hetero) is 1. The number of nitriles is 1. The number of carbonyl (C=O) groups is 2. The van der Waals surface area contributed by atoms with Crippen LogP contribution in [0.15, 0.2) is 58.6 Å². The Morgan fingerprint density at radius 2 is 1.88 bits per heavy atom. The van der Waals surface area contributed by atoms with Crippen LogP contribution in [0.2, 0.25) is 0 Å². The normalized spacial score (nSPS) is 18.6. The molecule has 0 spiro atoms. The average molecular weight is 457 g/mol. The van der Waals surface area contributed by atoms with Gasteiger partial charge in [0, 0.05) is 30.3 Å². The third-order valence-corrected chi connectivity index (χ3v) is 6.44. The van der Waals surface area contributed by atoms with E-state index in [2.05, 4.69) is 0 Å². The number of allylic oxidation sites excluding steroid dienone is 1. The van der Waals surface area contributed by atoms with Gasteiger partial charge in [0.25, 0.3) is 6.43 Å². The second-order valence-corrected chi connectivity index (χ2v) is 8.45. The van der Waals surface area contributed by atoms with Crippen molar-refractivity contribution >= 4 is 28.2 Å². The highest BCUT2D eigenvalue weighted by Crippen LogP contribution is 2.45. The van der Waals surface area contributed by atoms with Crippen LogP contribution < -0.4 is 4.90 Å². The summed E-state index contributed by atoms with van der Waals surface area (Å²) in [5, 5.41) is 9.12. The molecule has 7 nitrogen and oxygen atoms in total. The molecule has 0 bridgehead atoms. The summed E-state index contributed by atoms with van der Waals surface area (Å²) >= 11 is 0. The zero-order valence-electron chi connectivity index (χ0n) is 16.8. The smallest absolute Gasteiger partial charge is 0.316 e. The number of alkyl halides is 2. The van der Waals surface area contributed by atoms with Gasteiger partial charge in [-0.15, -0.1) is 0 Å². The SMILES string of the molecule is CN1C(=O)N(c2cccc(C(F)F)c2)C2=C(C(=O)CC2)C1c1ccc(C#N)cc1[SH](=O)=O. The van der Waals surface area contributed by atoms with Crippen molar-refractivity contribution in [3.05, 3.63) is 70.4 Å². The standard InChI is InChI=1S/C22H17F2N3O4S/c1-26-20(15-6-5-12(11-25)9-18(15)32(30)31)19-16(7-8-17(19)28)27(22(26)29)14-4-2-3-13(10-14)21(23)24/h2-6,9-10,20-21,32H,7-8H2,1H3. The van der Waals surface area contributed by atoms with Gasteiger partial charge in [0.15, 0.2) is 16.5 Å². The maximum atomic E-state index is 13.4. The minimum atomic E-state index is -3.12. The molecule has 0 saturated heterocycles. The van der Waals surface area contributed by atoms with E-state index in [1.165, 1.54) is 59.3 Å². The van der Waals surface area contributed by atoms with Crippen LogP contribution in [0.3, 0.4) is 0 Å². The van der Waals surface area contributed by atoms with Gasteiger partial charge in [-0.2, -0.15) is 5.26 Å². The molecule has 0 saturated carbocycles. The number of amides is 2. The maximum absolute atomic E-state index is 13.4. The van der Waals surface area contributed by atoms with Crippen LogP contribution in [0.4, 0.5) is 19.3 Å². The molecule has 2 aromatic rings. The van der Waals surface area contributed by atoms with E-state index in [0.29, 0.717) is 5.70 Å². The predicted molar refractivity (Wildman–Crippen MR) is 111 cm³/mol. The van der Waals surface area contributed by atoms with Gasteiger partial charge in [0.1, 0.15) is 0 Å². The first-order valence-electron chi connectivity index (χ1n) is 9.64. The number of likely N-dealkylation sites (N-methyl/N-ethyl adjacent to an activating group) is 1. The third kappa shape index (κ3) is 3.44. The topological polar surface area (TPSA) is 98.5 Å². The van der Waals surface area contributed by atoms with Crippen LogP contribution in [-0.2, 0) is 15.5 Å². The molecule has 2 amide bonds. The fourth-order valence-electron chi connectivity index (χ4n) is 4.21. The lowest BCUT2D eigenvalue weighted by molar-refractivity contribution is -0.115. The predicted octanol–water partition coefficient (Wildman–Crippen LogP) is 3.70. The van der Waals surface area contributed by atoms with Crippen molar-refractivity contribution in [3.8, 4) is 6.07 Å². The molecule has 2 aromatic carbocycles. The summed E-state index contributed by atoms with van der Waals surface area (Å²) in [4.78, 5) is 28.5. The molecule has 1 aliphatic heterocycles. The molecule has 164 valence electrons. The van der Waals surface area contributed by atoms with E-state index < -0.39 is 29.2 Å². The van der Waals surface area contributed by atoms with Crippen molar-refractivity contribution in [2.24, 2.45) is 0 Å². The molecular weight excluding hydrogens is 440 g/mol. The number of hydrogen-bond donors (Lipinski definition) is 1. The molecular formula is C22H17F2N3O4S. The van der Waals surface area contributed by atoms with Gasteiger partial charge >= 0.3 is 6.03 Å². The second kappa shape index (κ2) is 8.16. The first-order valence-corrected chi connectivity index (χ1v) is 10.8. The summed E-state index contributed by atoms with van der Waals surface area (Å²) in [6, 6.07) is 9.75. The summed E-state index contributed by atoms with van der Waals surface area (Å²) in [7, 11) is -1.69. The lowest BCUT2D eigenvalue weighted by atomic mass is 9.92. The number of nitrogens with zero attached hydrogens (tertiary/aromatic N) is 3. The molecule has 10 heteroatoms. The third-order valence-electron chi connectivity index (χ3n) is 5.66. The first-order chi connectivity index (χ1) is 15.2. The van der Waals surface area contributed by atoms with Crippen molar-refractivity contribution in [1.29, 1.82) is 5.26 Å². The number of hydrogen-bond acceptors (Lipinski definition) is 5. The van der Waals surface area contributed by atoms with Crippen LogP contribution in [-0.4, -0.2) is 32.2 Å².